The van der Waals surface area contributed by atoms with Gasteiger partial charge in [-0.3, -0.25) is 0 Å². The first-order valence-corrected chi connectivity index (χ1v) is 8.90. The van der Waals surface area contributed by atoms with Gasteiger partial charge in [0.25, 0.3) is 0 Å². The van der Waals surface area contributed by atoms with Gasteiger partial charge in [-0.25, -0.2) is 0 Å². The number of anilines is 1. The van der Waals surface area contributed by atoms with Gasteiger partial charge >= 0.3 is 0 Å². The Morgan fingerprint density at radius 3 is 2.63 bits per heavy atom. The van der Waals surface area contributed by atoms with Crippen LogP contribution in [-0.2, 0) is 5.33 Å². The molecule has 1 unspecified atom stereocenters. The second kappa shape index (κ2) is 6.05. The molecule has 2 aliphatic rings. The van der Waals surface area contributed by atoms with E-state index in [0.717, 1.165) is 22.3 Å². The molecule has 2 fully saturated rings. The van der Waals surface area contributed by atoms with Crippen LogP contribution in [0.1, 0.15) is 44.1 Å². The van der Waals surface area contributed by atoms with Crippen molar-refractivity contribution in [2.24, 2.45) is 5.92 Å². The quantitative estimate of drug-likeness (QED) is 0.665. The normalized spacial score (nSPS) is 24.3. The molecular formula is C16H21BrClN. The zero-order valence-electron chi connectivity index (χ0n) is 11.2. The molecule has 1 saturated heterocycles. The maximum atomic E-state index is 6.50. The SMILES string of the molecule is Clc1cc(CBr)ccc1N1CCCC1C1CCCC1. The number of hydrogen-bond acceptors (Lipinski definition) is 1. The van der Waals surface area contributed by atoms with E-state index < -0.39 is 0 Å². The van der Waals surface area contributed by atoms with Crippen molar-refractivity contribution in [3.63, 3.8) is 0 Å². The lowest BCUT2D eigenvalue weighted by Crippen LogP contribution is -2.34. The van der Waals surface area contributed by atoms with E-state index in [0.29, 0.717) is 0 Å². The molecule has 1 aromatic rings. The third-order valence-corrected chi connectivity index (χ3v) is 5.67. The first-order chi connectivity index (χ1) is 9.29. The summed E-state index contributed by atoms with van der Waals surface area (Å²) in [7, 11) is 0. The zero-order valence-corrected chi connectivity index (χ0v) is 13.6. The molecule has 19 heavy (non-hydrogen) atoms. The number of rotatable bonds is 3. The summed E-state index contributed by atoms with van der Waals surface area (Å²) < 4.78 is 0. The van der Waals surface area contributed by atoms with Crippen LogP contribution < -0.4 is 4.90 Å². The van der Waals surface area contributed by atoms with Gasteiger partial charge in [-0.1, -0.05) is 46.4 Å². The predicted molar refractivity (Wildman–Crippen MR) is 86.4 cm³/mol. The third-order valence-electron chi connectivity index (χ3n) is 4.72. The first-order valence-electron chi connectivity index (χ1n) is 7.40. The van der Waals surface area contributed by atoms with E-state index in [1.807, 2.05) is 0 Å². The molecular weight excluding hydrogens is 322 g/mol. The van der Waals surface area contributed by atoms with Gasteiger partial charge in [-0.05, 0) is 49.3 Å². The number of benzene rings is 1. The van der Waals surface area contributed by atoms with Crippen molar-refractivity contribution < 1.29 is 0 Å². The Hall–Kier alpha value is -0.210. The minimum absolute atomic E-state index is 0.731. The molecule has 3 rings (SSSR count). The second-order valence-corrected chi connectivity index (χ2v) is 6.83. The Kier molecular flexibility index (Phi) is 4.38. The van der Waals surface area contributed by atoms with Crippen LogP contribution in [0.15, 0.2) is 18.2 Å². The molecule has 1 aromatic carbocycles. The van der Waals surface area contributed by atoms with Crippen LogP contribution in [0, 0.1) is 5.92 Å². The van der Waals surface area contributed by atoms with Crippen molar-refractivity contribution in [2.75, 3.05) is 11.4 Å². The van der Waals surface area contributed by atoms with Gasteiger partial charge < -0.3 is 4.90 Å². The van der Waals surface area contributed by atoms with Gasteiger partial charge in [0.05, 0.1) is 10.7 Å². The fraction of sp³-hybridized carbons (Fsp3) is 0.625. The molecule has 0 N–H and O–H groups in total. The lowest BCUT2D eigenvalue weighted by molar-refractivity contribution is 0.431. The van der Waals surface area contributed by atoms with E-state index in [2.05, 4.69) is 39.0 Å². The summed E-state index contributed by atoms with van der Waals surface area (Å²) in [4.78, 5) is 2.58. The average Bonchev–Trinajstić information content (AvgIpc) is 3.08. The van der Waals surface area contributed by atoms with E-state index in [1.54, 1.807) is 0 Å². The highest BCUT2D eigenvalue weighted by Gasteiger charge is 2.34. The van der Waals surface area contributed by atoms with Gasteiger partial charge in [-0.15, -0.1) is 0 Å². The van der Waals surface area contributed by atoms with E-state index >= 15 is 0 Å². The first kappa shape index (κ1) is 13.8. The van der Waals surface area contributed by atoms with E-state index in [1.165, 1.54) is 56.3 Å². The lowest BCUT2D eigenvalue weighted by atomic mass is 9.95. The van der Waals surface area contributed by atoms with Crippen molar-refractivity contribution in [1.29, 1.82) is 0 Å². The van der Waals surface area contributed by atoms with Crippen LogP contribution in [-0.4, -0.2) is 12.6 Å². The standard InChI is InChI=1S/C16H21BrClN/c17-11-12-7-8-16(14(18)10-12)19-9-3-6-15(19)13-4-1-2-5-13/h7-8,10,13,15H,1-6,9,11H2. The minimum Gasteiger partial charge on any atom is -0.367 e. The lowest BCUT2D eigenvalue weighted by Gasteiger charge is -2.32. The highest BCUT2D eigenvalue weighted by Crippen LogP contribution is 2.40. The molecule has 0 radical (unpaired) electrons. The Morgan fingerprint density at radius 1 is 1.16 bits per heavy atom. The number of halogens is 2. The summed E-state index contributed by atoms with van der Waals surface area (Å²) in [5, 5.41) is 1.79. The van der Waals surface area contributed by atoms with Crippen LogP contribution in [0.4, 0.5) is 5.69 Å². The molecule has 0 spiro atoms. The molecule has 0 bridgehead atoms. The van der Waals surface area contributed by atoms with Crippen molar-refractivity contribution in [1.82, 2.24) is 0 Å². The Bertz CT molecular complexity index is 442. The van der Waals surface area contributed by atoms with Crippen molar-refractivity contribution >= 4 is 33.2 Å². The Labute approximate surface area is 129 Å². The number of alkyl halides is 1. The van der Waals surface area contributed by atoms with Crippen LogP contribution >= 0.6 is 27.5 Å². The van der Waals surface area contributed by atoms with Gasteiger partial charge in [-0.2, -0.15) is 0 Å². The highest BCUT2D eigenvalue weighted by molar-refractivity contribution is 9.08. The molecule has 1 atom stereocenters. The fourth-order valence-electron chi connectivity index (χ4n) is 3.79. The Morgan fingerprint density at radius 2 is 1.95 bits per heavy atom. The predicted octanol–water partition coefficient (Wildman–Crippen LogP) is 5.39. The molecule has 104 valence electrons. The van der Waals surface area contributed by atoms with Crippen LogP contribution in [0.3, 0.4) is 0 Å². The van der Waals surface area contributed by atoms with E-state index in [-0.39, 0.29) is 0 Å². The van der Waals surface area contributed by atoms with Crippen molar-refractivity contribution in [3.8, 4) is 0 Å². The van der Waals surface area contributed by atoms with Gasteiger partial charge in [0.15, 0.2) is 0 Å². The molecule has 0 amide bonds. The topological polar surface area (TPSA) is 3.24 Å². The maximum absolute atomic E-state index is 6.50. The number of nitrogens with zero attached hydrogens (tertiary/aromatic N) is 1. The van der Waals surface area contributed by atoms with E-state index in [9.17, 15) is 0 Å². The molecule has 3 heteroatoms. The smallest absolute Gasteiger partial charge is 0.0642 e. The summed E-state index contributed by atoms with van der Waals surface area (Å²) in [5.41, 5.74) is 2.51. The van der Waals surface area contributed by atoms with Crippen LogP contribution in [0.2, 0.25) is 5.02 Å². The molecule has 1 heterocycles. The molecule has 0 aromatic heterocycles. The monoisotopic (exact) mass is 341 g/mol. The summed E-state index contributed by atoms with van der Waals surface area (Å²) in [6, 6.07) is 7.25. The third kappa shape index (κ3) is 2.80. The zero-order chi connectivity index (χ0) is 13.2. The molecule has 1 saturated carbocycles. The van der Waals surface area contributed by atoms with Gasteiger partial charge in [0.2, 0.25) is 0 Å². The summed E-state index contributed by atoms with van der Waals surface area (Å²) >= 11 is 9.99. The fourth-order valence-corrected chi connectivity index (χ4v) is 4.45. The van der Waals surface area contributed by atoms with E-state index in [4.69, 9.17) is 11.6 Å². The summed E-state index contributed by atoms with van der Waals surface area (Å²) in [5.74, 6) is 0.898. The minimum atomic E-state index is 0.731. The summed E-state index contributed by atoms with van der Waals surface area (Å²) in [6.07, 6.45) is 8.34. The summed E-state index contributed by atoms with van der Waals surface area (Å²) in [6.45, 7) is 1.18. The largest absolute Gasteiger partial charge is 0.367 e. The van der Waals surface area contributed by atoms with Gasteiger partial charge in [0, 0.05) is 17.9 Å². The average molecular weight is 343 g/mol. The maximum Gasteiger partial charge on any atom is 0.0642 e. The van der Waals surface area contributed by atoms with Crippen LogP contribution in [0.25, 0.3) is 0 Å². The van der Waals surface area contributed by atoms with Crippen molar-refractivity contribution in [3.05, 3.63) is 28.8 Å². The Balaban J connectivity index is 1.83. The molecule has 1 aliphatic heterocycles. The molecule has 1 nitrogen and oxygen atoms in total. The van der Waals surface area contributed by atoms with Crippen molar-refractivity contribution in [2.45, 2.75) is 49.9 Å². The number of hydrogen-bond donors (Lipinski definition) is 0. The highest BCUT2D eigenvalue weighted by atomic mass is 79.9. The second-order valence-electron chi connectivity index (χ2n) is 5.87. The van der Waals surface area contributed by atoms with Crippen LogP contribution in [0.5, 0.6) is 0 Å². The molecule has 1 aliphatic carbocycles. The van der Waals surface area contributed by atoms with Gasteiger partial charge in [0.1, 0.15) is 0 Å².